The van der Waals surface area contributed by atoms with Crippen molar-refractivity contribution in [2.45, 2.75) is 32.9 Å². The quantitative estimate of drug-likeness (QED) is 0.829. The van der Waals surface area contributed by atoms with E-state index in [1.54, 1.807) is 51.1 Å². The van der Waals surface area contributed by atoms with Crippen molar-refractivity contribution in [3.63, 3.8) is 0 Å². The number of imide groups is 1. The SMILES string of the molecule is Cc1cc([C@]2(C)NC(=O)N(Cc3cccc(C(N)=O)c3)C2=O)c(C)o1. The zero-order valence-corrected chi connectivity index (χ0v) is 14.3. The molecule has 1 saturated heterocycles. The van der Waals surface area contributed by atoms with Gasteiger partial charge in [-0.25, -0.2) is 4.79 Å². The summed E-state index contributed by atoms with van der Waals surface area (Å²) in [5.41, 5.74) is 5.70. The van der Waals surface area contributed by atoms with E-state index in [-0.39, 0.29) is 12.5 Å². The summed E-state index contributed by atoms with van der Waals surface area (Å²) in [5, 5.41) is 2.74. The normalized spacial score (nSPS) is 20.0. The molecule has 0 aliphatic carbocycles. The Morgan fingerprint density at radius 2 is 2.00 bits per heavy atom. The molecule has 25 heavy (non-hydrogen) atoms. The Bertz CT molecular complexity index is 886. The fraction of sp³-hybridized carbons (Fsp3) is 0.278. The molecule has 4 amide bonds. The highest BCUT2D eigenvalue weighted by Crippen LogP contribution is 2.33. The molecule has 3 rings (SSSR count). The molecule has 130 valence electrons. The van der Waals surface area contributed by atoms with Gasteiger partial charge in [0.2, 0.25) is 5.91 Å². The first-order chi connectivity index (χ1) is 11.7. The first kappa shape index (κ1) is 16.8. The second-order valence-electron chi connectivity index (χ2n) is 6.34. The minimum absolute atomic E-state index is 0.0528. The molecule has 0 unspecified atom stereocenters. The Hall–Kier alpha value is -3.09. The van der Waals surface area contributed by atoms with Crippen LogP contribution in [0.15, 0.2) is 34.7 Å². The summed E-state index contributed by atoms with van der Waals surface area (Å²) in [4.78, 5) is 37.7. The number of nitrogens with zero attached hydrogens (tertiary/aromatic N) is 1. The van der Waals surface area contributed by atoms with Gasteiger partial charge >= 0.3 is 6.03 Å². The van der Waals surface area contributed by atoms with Gasteiger partial charge in [0, 0.05) is 11.1 Å². The topological polar surface area (TPSA) is 106 Å². The summed E-state index contributed by atoms with van der Waals surface area (Å²) in [6.45, 7) is 5.25. The number of hydrogen-bond acceptors (Lipinski definition) is 4. The van der Waals surface area contributed by atoms with Crippen LogP contribution in [0, 0.1) is 13.8 Å². The Balaban J connectivity index is 1.90. The molecule has 1 aliphatic rings. The Morgan fingerprint density at radius 1 is 1.28 bits per heavy atom. The van der Waals surface area contributed by atoms with Crippen molar-refractivity contribution in [3.05, 3.63) is 58.5 Å². The van der Waals surface area contributed by atoms with Crippen LogP contribution in [0.5, 0.6) is 0 Å². The van der Waals surface area contributed by atoms with Gasteiger partial charge in [-0.3, -0.25) is 14.5 Å². The number of furan rings is 1. The summed E-state index contributed by atoms with van der Waals surface area (Å²) >= 11 is 0. The maximum atomic E-state index is 12.9. The maximum absolute atomic E-state index is 12.9. The van der Waals surface area contributed by atoms with E-state index in [1.807, 2.05) is 0 Å². The molecule has 3 N–H and O–H groups in total. The fourth-order valence-corrected chi connectivity index (χ4v) is 3.16. The number of primary amides is 1. The van der Waals surface area contributed by atoms with Gasteiger partial charge in [-0.05, 0) is 44.5 Å². The van der Waals surface area contributed by atoms with Crippen molar-refractivity contribution in [1.29, 1.82) is 0 Å². The Kier molecular flexibility index (Phi) is 3.87. The number of carbonyl (C=O) groups is 3. The molecule has 1 atom stereocenters. The summed E-state index contributed by atoms with van der Waals surface area (Å²) in [7, 11) is 0. The van der Waals surface area contributed by atoms with Gasteiger partial charge in [0.15, 0.2) is 0 Å². The van der Waals surface area contributed by atoms with Crippen molar-refractivity contribution in [2.24, 2.45) is 5.73 Å². The number of amides is 4. The molecular weight excluding hydrogens is 322 g/mol. The largest absolute Gasteiger partial charge is 0.466 e. The van der Waals surface area contributed by atoms with Crippen molar-refractivity contribution in [1.82, 2.24) is 10.2 Å². The molecule has 2 heterocycles. The van der Waals surface area contributed by atoms with Gasteiger partial charge in [-0.2, -0.15) is 0 Å². The van der Waals surface area contributed by atoms with Crippen LogP contribution in [0.1, 0.15) is 39.9 Å². The van der Waals surface area contributed by atoms with Gasteiger partial charge in [-0.1, -0.05) is 12.1 Å². The second kappa shape index (κ2) is 5.77. The highest BCUT2D eigenvalue weighted by molar-refractivity contribution is 6.07. The molecule has 7 heteroatoms. The lowest BCUT2D eigenvalue weighted by molar-refractivity contribution is -0.131. The average Bonchev–Trinajstić information content (AvgIpc) is 3.00. The first-order valence-electron chi connectivity index (χ1n) is 7.83. The van der Waals surface area contributed by atoms with E-state index >= 15 is 0 Å². The Labute approximate surface area is 144 Å². The number of nitrogens with one attached hydrogen (secondary N) is 1. The van der Waals surface area contributed by atoms with Crippen LogP contribution in [0.25, 0.3) is 0 Å². The van der Waals surface area contributed by atoms with Crippen molar-refractivity contribution >= 4 is 17.8 Å². The fourth-order valence-electron chi connectivity index (χ4n) is 3.16. The van der Waals surface area contributed by atoms with Crippen LogP contribution in [0.3, 0.4) is 0 Å². The van der Waals surface area contributed by atoms with Gasteiger partial charge in [0.25, 0.3) is 5.91 Å². The third kappa shape index (κ3) is 2.77. The third-order valence-corrected chi connectivity index (χ3v) is 4.41. The molecule has 1 fully saturated rings. The van der Waals surface area contributed by atoms with Crippen molar-refractivity contribution < 1.29 is 18.8 Å². The summed E-state index contributed by atoms with van der Waals surface area (Å²) < 4.78 is 5.50. The zero-order valence-electron chi connectivity index (χ0n) is 14.3. The minimum Gasteiger partial charge on any atom is -0.466 e. The third-order valence-electron chi connectivity index (χ3n) is 4.41. The maximum Gasteiger partial charge on any atom is 0.325 e. The van der Waals surface area contributed by atoms with Gasteiger partial charge < -0.3 is 15.5 Å². The van der Waals surface area contributed by atoms with E-state index in [4.69, 9.17) is 10.2 Å². The highest BCUT2D eigenvalue weighted by atomic mass is 16.3. The van der Waals surface area contributed by atoms with Crippen LogP contribution in [-0.4, -0.2) is 22.7 Å². The smallest absolute Gasteiger partial charge is 0.325 e. The van der Waals surface area contributed by atoms with E-state index < -0.39 is 17.5 Å². The number of nitrogens with two attached hydrogens (primary N) is 1. The lowest BCUT2D eigenvalue weighted by Gasteiger charge is -2.21. The van der Waals surface area contributed by atoms with Crippen LogP contribution in [0.2, 0.25) is 0 Å². The standard InChI is InChI=1S/C18H19N3O4/c1-10-7-14(11(2)25-10)18(3)16(23)21(17(24)20-18)9-12-5-4-6-13(8-12)15(19)22/h4-8H,9H2,1-3H3,(H2,19,22)(H,20,24)/t18-/m0/s1. The number of hydrogen-bond donors (Lipinski definition) is 2. The number of aryl methyl sites for hydroxylation is 2. The van der Waals surface area contributed by atoms with Crippen molar-refractivity contribution in [3.8, 4) is 0 Å². The molecule has 0 bridgehead atoms. The second-order valence-corrected chi connectivity index (χ2v) is 6.34. The van der Waals surface area contributed by atoms with E-state index in [9.17, 15) is 14.4 Å². The summed E-state index contributed by atoms with van der Waals surface area (Å²) in [5.74, 6) is 0.328. The minimum atomic E-state index is -1.18. The average molecular weight is 341 g/mol. The van der Waals surface area contributed by atoms with Crippen LogP contribution >= 0.6 is 0 Å². The molecule has 0 radical (unpaired) electrons. The summed E-state index contributed by atoms with van der Waals surface area (Å²) in [6, 6.07) is 7.82. The molecule has 1 aromatic carbocycles. The van der Waals surface area contributed by atoms with Crippen molar-refractivity contribution in [2.75, 3.05) is 0 Å². The monoisotopic (exact) mass is 341 g/mol. The molecule has 0 spiro atoms. The van der Waals surface area contributed by atoms with E-state index in [0.717, 1.165) is 4.90 Å². The van der Waals surface area contributed by atoms with E-state index in [0.29, 0.717) is 28.2 Å². The predicted octanol–water partition coefficient (Wildman–Crippen LogP) is 1.96. The predicted molar refractivity (Wildman–Crippen MR) is 89.6 cm³/mol. The summed E-state index contributed by atoms with van der Waals surface area (Å²) in [6.07, 6.45) is 0. The number of rotatable bonds is 4. The first-order valence-corrected chi connectivity index (χ1v) is 7.83. The molecular formula is C18H19N3O4. The molecule has 2 aromatic rings. The van der Waals surface area contributed by atoms with Gasteiger partial charge in [0.1, 0.15) is 17.1 Å². The Morgan fingerprint density at radius 3 is 2.60 bits per heavy atom. The van der Waals surface area contributed by atoms with Gasteiger partial charge in [0.05, 0.1) is 6.54 Å². The van der Waals surface area contributed by atoms with E-state index in [1.165, 1.54) is 0 Å². The molecule has 1 aliphatic heterocycles. The number of benzene rings is 1. The lowest BCUT2D eigenvalue weighted by atomic mass is 9.92. The van der Waals surface area contributed by atoms with Crippen LogP contribution < -0.4 is 11.1 Å². The highest BCUT2D eigenvalue weighted by Gasteiger charge is 2.50. The van der Waals surface area contributed by atoms with E-state index in [2.05, 4.69) is 5.32 Å². The molecule has 0 saturated carbocycles. The van der Waals surface area contributed by atoms with Crippen LogP contribution in [0.4, 0.5) is 4.79 Å². The van der Waals surface area contributed by atoms with Gasteiger partial charge in [-0.15, -0.1) is 0 Å². The zero-order chi connectivity index (χ0) is 18.4. The number of carbonyl (C=O) groups excluding carboxylic acids is 3. The number of urea groups is 1. The molecule has 1 aromatic heterocycles. The van der Waals surface area contributed by atoms with Crippen LogP contribution in [-0.2, 0) is 16.9 Å². The molecule has 7 nitrogen and oxygen atoms in total. The lowest BCUT2D eigenvalue weighted by Crippen LogP contribution is -2.41.